The van der Waals surface area contributed by atoms with Crippen molar-refractivity contribution in [3.63, 3.8) is 0 Å². The Kier molecular flexibility index (Phi) is 9.36. The van der Waals surface area contributed by atoms with E-state index in [1.807, 2.05) is 13.8 Å². The second kappa shape index (κ2) is 12.3. The van der Waals surface area contributed by atoms with Crippen LogP contribution in [0.1, 0.15) is 66.7 Å². The van der Waals surface area contributed by atoms with Gasteiger partial charge in [-0.25, -0.2) is 0 Å². The van der Waals surface area contributed by atoms with Crippen LogP contribution in [0.15, 0.2) is 12.2 Å². The van der Waals surface area contributed by atoms with E-state index >= 15 is 0 Å². The fraction of sp³-hybridized carbons (Fsp3) is 0.912. The van der Waals surface area contributed by atoms with Crippen molar-refractivity contribution >= 4 is 5.78 Å². The molecule has 5 fully saturated rings. The van der Waals surface area contributed by atoms with Gasteiger partial charge in [-0.2, -0.15) is 0 Å². The van der Waals surface area contributed by atoms with Crippen LogP contribution < -0.4 is 0 Å². The molecule has 2 aliphatic heterocycles. The minimum Gasteiger partial charge on any atom is -0.394 e. The molecular formula is C34H54O13. The number of fused-ring (bicyclic) bond motifs is 5. The topological polar surface area (TPSA) is 216 Å². The number of allylic oxidation sites excluding steroid dienone is 2. The molecular weight excluding hydrogens is 616 g/mol. The number of hydrogen-bond acceptors (Lipinski definition) is 13. The number of hydrogen-bond donors (Lipinski definition) is 8. The molecule has 18 atom stereocenters. The van der Waals surface area contributed by atoms with Gasteiger partial charge in [-0.1, -0.05) is 46.8 Å². The number of Topliss-reactive ketones (excluding diaryl/α,β-unsaturated/α-hetero) is 1. The molecule has 3 saturated carbocycles. The van der Waals surface area contributed by atoms with E-state index in [0.29, 0.717) is 12.3 Å². The third kappa shape index (κ3) is 5.14. The molecule has 13 nitrogen and oxygen atoms in total. The first-order chi connectivity index (χ1) is 22.0. The zero-order chi connectivity index (χ0) is 34.4. The van der Waals surface area contributed by atoms with Crippen LogP contribution >= 0.6 is 0 Å². The number of rotatable bonds is 6. The normalized spacial score (nSPS) is 55.7. The fourth-order valence-corrected chi connectivity index (χ4v) is 11.0. The highest BCUT2D eigenvalue weighted by molar-refractivity contribution is 5.86. The lowest BCUT2D eigenvalue weighted by Gasteiger charge is -2.70. The maximum absolute atomic E-state index is 14.3. The van der Waals surface area contributed by atoms with Gasteiger partial charge in [-0.05, 0) is 54.3 Å². The summed E-state index contributed by atoms with van der Waals surface area (Å²) < 4.78 is 23.6. The largest absolute Gasteiger partial charge is 0.394 e. The summed E-state index contributed by atoms with van der Waals surface area (Å²) in [6.45, 7) is 9.14. The molecule has 0 spiro atoms. The van der Waals surface area contributed by atoms with E-state index in [4.69, 9.17) is 18.9 Å². The van der Waals surface area contributed by atoms with Gasteiger partial charge in [0.2, 0.25) is 0 Å². The van der Waals surface area contributed by atoms with E-state index in [1.54, 1.807) is 0 Å². The summed E-state index contributed by atoms with van der Waals surface area (Å²) in [5.74, 6) is 0.142. The minimum absolute atomic E-state index is 0.0815. The van der Waals surface area contributed by atoms with Crippen molar-refractivity contribution in [2.75, 3.05) is 13.2 Å². The number of aliphatic hydroxyl groups excluding tert-OH is 8. The summed E-state index contributed by atoms with van der Waals surface area (Å²) >= 11 is 0. The van der Waals surface area contributed by atoms with Crippen molar-refractivity contribution in [1.82, 2.24) is 0 Å². The maximum Gasteiger partial charge on any atom is 0.187 e. The summed E-state index contributed by atoms with van der Waals surface area (Å²) in [5, 5.41) is 84.6. The van der Waals surface area contributed by atoms with Crippen molar-refractivity contribution in [1.29, 1.82) is 0 Å². The Bertz CT molecular complexity index is 1210. The SMILES string of the molecule is CC1(C)[C@@H](O[C@@H]2O[C@H](CO)[C@@H](O)[C@H](O)[C@H]2O[C@@H]2O[C@H](CO)[C@@H](O)[C@H](O)[C@H]2O)C(=O)C[C@]2(C)[C@H]3CC[C@@H]4C=CC[C@@]4(C)[C@]3(C)[C@@H](O)C[C@@H]12. The monoisotopic (exact) mass is 670 g/mol. The van der Waals surface area contributed by atoms with Crippen molar-refractivity contribution in [3.8, 4) is 0 Å². The predicted molar refractivity (Wildman–Crippen MR) is 163 cm³/mol. The molecule has 0 radical (unpaired) electrons. The van der Waals surface area contributed by atoms with E-state index in [2.05, 4.69) is 32.9 Å². The molecule has 0 aromatic heterocycles. The predicted octanol–water partition coefficient (Wildman–Crippen LogP) is -0.619. The van der Waals surface area contributed by atoms with Crippen LogP contribution in [0.2, 0.25) is 0 Å². The standard InChI is InChI=1S/C34H54O13/c1-31(2)20-11-21(38)34(5)19(9-8-15-7-6-10-33(15,34)4)32(20,3)12-16(37)28(31)47-30-27(25(42)23(40)18(14-36)45-30)46-29-26(43)24(41)22(39)17(13-35)44-29/h6-7,15,17-30,35-36,38-43H,8-14H2,1-5H3/t15-,17+,18+,19+,20-,21-,22+,23+,24-,25-,26+,27+,28-,29-,30-,32+,33+,34-/m0/s1. The van der Waals surface area contributed by atoms with Gasteiger partial charge < -0.3 is 59.8 Å². The number of ether oxygens (including phenoxy) is 4. The molecule has 268 valence electrons. The highest BCUT2D eigenvalue weighted by Crippen LogP contribution is 2.73. The van der Waals surface area contributed by atoms with Gasteiger partial charge in [0.1, 0.15) is 54.9 Å². The Balaban J connectivity index is 1.29. The van der Waals surface area contributed by atoms with Crippen LogP contribution in [0.5, 0.6) is 0 Å². The number of carbonyl (C=O) groups excluding carboxylic acids is 1. The van der Waals surface area contributed by atoms with Crippen LogP contribution in [0.4, 0.5) is 0 Å². The second-order valence-electron chi connectivity index (χ2n) is 16.4. The van der Waals surface area contributed by atoms with Crippen molar-refractivity contribution in [2.24, 2.45) is 39.4 Å². The molecule has 2 saturated heterocycles. The molecule has 0 bridgehead atoms. The number of aliphatic hydroxyl groups is 8. The molecule has 0 amide bonds. The molecule has 8 N–H and O–H groups in total. The summed E-state index contributed by atoms with van der Waals surface area (Å²) in [7, 11) is 0. The quantitative estimate of drug-likeness (QED) is 0.131. The lowest BCUT2D eigenvalue weighted by atomic mass is 9.35. The smallest absolute Gasteiger partial charge is 0.187 e. The molecule has 0 aromatic carbocycles. The van der Waals surface area contributed by atoms with Crippen molar-refractivity contribution in [3.05, 3.63) is 12.2 Å². The molecule has 47 heavy (non-hydrogen) atoms. The highest BCUT2D eigenvalue weighted by Gasteiger charge is 2.71. The van der Waals surface area contributed by atoms with Gasteiger partial charge in [0.15, 0.2) is 18.4 Å². The van der Waals surface area contributed by atoms with E-state index in [1.165, 1.54) is 0 Å². The average Bonchev–Trinajstić information content (AvgIpc) is 3.42. The zero-order valence-electron chi connectivity index (χ0n) is 27.9. The van der Waals surface area contributed by atoms with Gasteiger partial charge in [0, 0.05) is 17.3 Å². The fourth-order valence-electron chi connectivity index (χ4n) is 11.0. The Hall–Kier alpha value is -1.07. The summed E-state index contributed by atoms with van der Waals surface area (Å²) in [6, 6.07) is 0. The Morgan fingerprint density at radius 1 is 0.787 bits per heavy atom. The van der Waals surface area contributed by atoms with E-state index in [0.717, 1.165) is 19.3 Å². The van der Waals surface area contributed by atoms with Crippen LogP contribution in [0.3, 0.4) is 0 Å². The Morgan fingerprint density at radius 2 is 1.40 bits per heavy atom. The first-order valence-corrected chi connectivity index (χ1v) is 17.1. The van der Waals surface area contributed by atoms with Crippen molar-refractivity contribution in [2.45, 2.75) is 140 Å². The van der Waals surface area contributed by atoms with Gasteiger partial charge in [-0.15, -0.1) is 0 Å². The number of ketones is 1. The summed E-state index contributed by atoms with van der Waals surface area (Å²) in [4.78, 5) is 14.3. The molecule has 6 aliphatic rings. The third-order valence-electron chi connectivity index (χ3n) is 13.8. The van der Waals surface area contributed by atoms with Gasteiger partial charge in [0.05, 0.1) is 19.3 Å². The number of carbonyl (C=O) groups is 1. The molecule has 0 aromatic rings. The Labute approximate surface area is 275 Å². The highest BCUT2D eigenvalue weighted by atomic mass is 16.8. The second-order valence-corrected chi connectivity index (χ2v) is 16.4. The Morgan fingerprint density at radius 3 is 2.04 bits per heavy atom. The molecule has 6 rings (SSSR count). The zero-order valence-corrected chi connectivity index (χ0v) is 27.9. The maximum atomic E-state index is 14.3. The average molecular weight is 671 g/mol. The first-order valence-electron chi connectivity index (χ1n) is 17.1. The molecule has 0 unspecified atom stereocenters. The van der Waals surface area contributed by atoms with E-state index in [-0.39, 0.29) is 29.5 Å². The lowest BCUT2D eigenvalue weighted by molar-refractivity contribution is -0.375. The third-order valence-corrected chi connectivity index (χ3v) is 13.8. The van der Waals surface area contributed by atoms with Gasteiger partial charge >= 0.3 is 0 Å². The van der Waals surface area contributed by atoms with E-state index in [9.17, 15) is 45.6 Å². The van der Waals surface area contributed by atoms with E-state index < -0.39 is 103 Å². The lowest BCUT2D eigenvalue weighted by Crippen LogP contribution is -2.70. The molecule has 4 aliphatic carbocycles. The minimum atomic E-state index is -1.81. The molecule has 13 heteroatoms. The van der Waals surface area contributed by atoms with Crippen LogP contribution in [0, 0.1) is 39.4 Å². The van der Waals surface area contributed by atoms with Crippen LogP contribution in [-0.2, 0) is 23.7 Å². The molecule has 2 heterocycles. The van der Waals surface area contributed by atoms with Crippen LogP contribution in [0.25, 0.3) is 0 Å². The van der Waals surface area contributed by atoms with Crippen molar-refractivity contribution < 1.29 is 64.6 Å². The summed E-state index contributed by atoms with van der Waals surface area (Å²) in [5.41, 5.74) is -1.80. The van der Waals surface area contributed by atoms with Gasteiger partial charge in [-0.3, -0.25) is 4.79 Å². The first kappa shape index (κ1) is 35.7. The van der Waals surface area contributed by atoms with Crippen LogP contribution in [-0.4, -0.2) is 133 Å². The summed E-state index contributed by atoms with van der Waals surface area (Å²) in [6.07, 6.45) is -9.80. The van der Waals surface area contributed by atoms with Gasteiger partial charge in [0.25, 0.3) is 0 Å².